The minimum absolute atomic E-state index is 0.0379. The molecule has 0 saturated carbocycles. The van der Waals surface area contributed by atoms with E-state index in [1.165, 1.54) is 37.2 Å². The highest BCUT2D eigenvalue weighted by Crippen LogP contribution is 2.43. The molecule has 0 bridgehead atoms. The van der Waals surface area contributed by atoms with Crippen molar-refractivity contribution in [1.29, 1.82) is 0 Å². The number of thiazole rings is 1. The molecule has 0 amide bonds. The van der Waals surface area contributed by atoms with E-state index >= 15 is 0 Å². The largest absolute Gasteiger partial charge is 0.421 e. The molecule has 11 aromatic heterocycles. The molecule has 4 atom stereocenters. The van der Waals surface area contributed by atoms with E-state index in [-0.39, 0.29) is 71.2 Å². The lowest BCUT2D eigenvalue weighted by molar-refractivity contribution is -0.138. The fourth-order valence-corrected chi connectivity index (χ4v) is 14.3. The number of allylic oxidation sites excluding steroid dienone is 1. The summed E-state index contributed by atoms with van der Waals surface area (Å²) < 4.78 is 168. The maximum atomic E-state index is 13.1. The zero-order valence-corrected chi connectivity index (χ0v) is 61.1. The summed E-state index contributed by atoms with van der Waals surface area (Å²) >= 11 is 7.59. The first kappa shape index (κ1) is 76.7. The van der Waals surface area contributed by atoms with Gasteiger partial charge in [0, 0.05) is 103 Å². The van der Waals surface area contributed by atoms with Crippen LogP contribution in [0.4, 0.5) is 122 Å². The van der Waals surface area contributed by atoms with Crippen molar-refractivity contribution in [1.82, 2.24) is 103 Å². The standard InChI is InChI=1S/C17H18F3N7S.C17H18F3N7.C16H16ClF3N8.C16H17F3N8/c1-3-21-15-10(17(18,19)20)6-22-16(25-15)24-12-7-27(26-9(12)2)13-5-4-11-14(13)28-8-23-11;1-9-13(8-27(26-9)14-4-3-10-5-22-6-11(10)14)24-16-23-7-12(17(18,19)20)15(21-2)25-16;1-8-10(23-15-22-5-9(16(18,19)20)13(21-2)25-15)6-28(26-8)11-3-4-27-7-12(17)24-14(11)27;1-9-11(7-27(25-9)12-3-4-26-8-21-6-13(12)26)23-15-22-5-10(16(17,18)19)14(20-2)24-15/h6-8,13H,3-5H2,1-2H3,(H2,21,22,24,25);5,7-8,14H,3-4,6H2,1-2H3,(H2,21,23,24,25);5-7,11H,3-4H2,1-2H3,(H2,21,22,23,25);5-8,12H,3-4H2,1-2H3,(H2,20,22,23,24). The van der Waals surface area contributed by atoms with Gasteiger partial charge in [-0.15, -0.1) is 11.3 Å². The highest BCUT2D eigenvalue weighted by Gasteiger charge is 2.40. The topological polar surface area (TPSA) is 332 Å². The third kappa shape index (κ3) is 16.4. The number of nitrogens with one attached hydrogen (secondary N) is 8. The third-order valence-electron chi connectivity index (χ3n) is 18.5. The first-order valence-corrected chi connectivity index (χ1v) is 35.3. The van der Waals surface area contributed by atoms with E-state index in [1.807, 2.05) is 75.9 Å². The fraction of sp³-hybridized carbons (Fsp3) is 0.394. The summed E-state index contributed by atoms with van der Waals surface area (Å²) in [5.41, 5.74) is 8.28. The van der Waals surface area contributed by atoms with Gasteiger partial charge in [-0.25, -0.2) is 34.9 Å². The molecule has 0 radical (unpaired) electrons. The number of aromatic nitrogens is 21. The molecular formula is C66H69ClF12N30S. The number of anilines is 12. The Kier molecular flexibility index (Phi) is 21.5. The number of hydrogen-bond donors (Lipinski definition) is 8. The molecule has 110 heavy (non-hydrogen) atoms. The third-order valence-corrected chi connectivity index (χ3v) is 19.6. The Morgan fingerprint density at radius 3 is 1.36 bits per heavy atom. The van der Waals surface area contributed by atoms with E-state index in [9.17, 15) is 52.7 Å². The summed E-state index contributed by atoms with van der Waals surface area (Å²) in [5, 5.41) is 40.4. The number of aryl methyl sites for hydroxylation is 7. The van der Waals surface area contributed by atoms with Gasteiger partial charge in [0.15, 0.2) is 0 Å². The van der Waals surface area contributed by atoms with Crippen LogP contribution in [-0.2, 0) is 44.2 Å². The fourth-order valence-electron chi connectivity index (χ4n) is 13.1. The van der Waals surface area contributed by atoms with E-state index < -0.39 is 47.0 Å². The smallest absolute Gasteiger partial charge is 0.372 e. The Balaban J connectivity index is 0.000000129. The number of fused-ring (bicyclic) bond motifs is 3. The first-order valence-electron chi connectivity index (χ1n) is 34.1. The molecule has 2 aliphatic carbocycles. The van der Waals surface area contributed by atoms with Gasteiger partial charge in [-0.2, -0.15) is 93.0 Å². The molecule has 0 fully saturated rings. The Labute approximate surface area is 626 Å². The molecule has 0 saturated heterocycles. The molecule has 4 unspecified atom stereocenters. The maximum absolute atomic E-state index is 13.1. The molecule has 11 aromatic rings. The molecular weight excluding hydrogens is 1510 g/mol. The van der Waals surface area contributed by atoms with Crippen LogP contribution in [0.1, 0.15) is 130 Å². The average Bonchev–Trinajstić information content (AvgIpc) is 1.66. The van der Waals surface area contributed by atoms with E-state index in [0.29, 0.717) is 58.1 Å². The number of nitrogens with zero attached hydrogens (tertiary/aromatic N) is 22. The van der Waals surface area contributed by atoms with Crippen molar-refractivity contribution in [3.05, 3.63) is 157 Å². The summed E-state index contributed by atoms with van der Waals surface area (Å²) in [7, 11) is 4.14. The first-order chi connectivity index (χ1) is 52.3. The molecule has 44 heteroatoms. The van der Waals surface area contributed by atoms with Crippen LogP contribution in [0.15, 0.2) is 89.9 Å². The van der Waals surface area contributed by atoms with Gasteiger partial charge in [0.2, 0.25) is 23.8 Å². The van der Waals surface area contributed by atoms with Crippen LogP contribution in [0.25, 0.3) is 0 Å². The van der Waals surface area contributed by atoms with Crippen LogP contribution in [0.2, 0.25) is 5.15 Å². The molecule has 14 heterocycles. The van der Waals surface area contributed by atoms with Crippen molar-refractivity contribution in [2.24, 2.45) is 4.99 Å². The second kappa shape index (κ2) is 30.9. The van der Waals surface area contributed by atoms with Crippen LogP contribution < -0.4 is 42.5 Å². The van der Waals surface area contributed by atoms with Crippen LogP contribution in [0.5, 0.6) is 0 Å². The molecule has 0 spiro atoms. The molecule has 5 aliphatic rings. The second-order valence-corrected chi connectivity index (χ2v) is 26.8. The quantitative estimate of drug-likeness (QED) is 0.0393. The van der Waals surface area contributed by atoms with E-state index in [1.54, 1.807) is 48.6 Å². The van der Waals surface area contributed by atoms with Crippen LogP contribution in [0, 0.1) is 27.7 Å². The number of halogens is 13. The summed E-state index contributed by atoms with van der Waals surface area (Å²) in [6, 6.07) is 0.298. The second-order valence-electron chi connectivity index (χ2n) is 25.6. The molecule has 580 valence electrons. The van der Waals surface area contributed by atoms with Crippen molar-refractivity contribution in [3.8, 4) is 0 Å². The predicted octanol–water partition coefficient (Wildman–Crippen LogP) is 14.3. The van der Waals surface area contributed by atoms with Gasteiger partial charge in [-0.1, -0.05) is 11.6 Å². The van der Waals surface area contributed by atoms with Gasteiger partial charge in [0.05, 0.1) is 104 Å². The highest BCUT2D eigenvalue weighted by atomic mass is 35.5. The minimum atomic E-state index is -4.54. The summed E-state index contributed by atoms with van der Waals surface area (Å²) in [4.78, 5) is 49.4. The summed E-state index contributed by atoms with van der Waals surface area (Å²) in [6.07, 6.45) is 5.05. The van der Waals surface area contributed by atoms with Gasteiger partial charge in [-0.3, -0.25) is 23.7 Å². The van der Waals surface area contributed by atoms with Crippen molar-refractivity contribution in [2.75, 3.05) is 76.8 Å². The van der Waals surface area contributed by atoms with Crippen molar-refractivity contribution < 1.29 is 52.7 Å². The van der Waals surface area contributed by atoms with Crippen molar-refractivity contribution in [3.63, 3.8) is 0 Å². The SMILES string of the molecule is CCNc1nc(Nc2cn(C3CCc4ncsc43)nc2C)ncc1C(F)(F)F.CNc1nc(Nc2cn(C3CCC4=C3CN=C4)nc2C)ncc1C(F)(F)F.CNc1nc(Nc2cn(C3CCn4cc(Cl)nc43)nc2C)ncc1C(F)(F)F.CNc1nc(Nc2cn(C3CCn4cncc43)nc2C)ncc1C(F)(F)F. The van der Waals surface area contributed by atoms with E-state index in [4.69, 9.17) is 11.6 Å². The molecule has 3 aliphatic heterocycles. The van der Waals surface area contributed by atoms with Crippen molar-refractivity contribution in [2.45, 2.75) is 135 Å². The van der Waals surface area contributed by atoms with Crippen molar-refractivity contribution >= 4 is 99.0 Å². The van der Waals surface area contributed by atoms with Crippen LogP contribution in [-0.4, -0.2) is 144 Å². The summed E-state index contributed by atoms with van der Waals surface area (Å²) in [6.45, 7) is 11.6. The van der Waals surface area contributed by atoms with Gasteiger partial charge >= 0.3 is 24.7 Å². The number of aliphatic imine (C=N–C) groups is 1. The zero-order valence-electron chi connectivity index (χ0n) is 59.5. The van der Waals surface area contributed by atoms with E-state index in [2.05, 4.69) is 127 Å². The van der Waals surface area contributed by atoms with Gasteiger partial charge in [0.25, 0.3) is 0 Å². The monoisotopic (exact) mass is 1580 g/mol. The molecule has 16 rings (SSSR count). The Hall–Kier alpha value is -11.5. The van der Waals surface area contributed by atoms with Gasteiger partial charge in [-0.05, 0) is 84.3 Å². The van der Waals surface area contributed by atoms with Gasteiger partial charge in [0.1, 0.15) is 62.5 Å². The number of alkyl halides is 12. The summed E-state index contributed by atoms with van der Waals surface area (Å²) in [5.74, 6) is -0.0413. The lowest BCUT2D eigenvalue weighted by atomic mass is 10.1. The average molecular weight is 1580 g/mol. The van der Waals surface area contributed by atoms with Crippen LogP contribution in [0.3, 0.4) is 0 Å². The maximum Gasteiger partial charge on any atom is 0.421 e. The van der Waals surface area contributed by atoms with Crippen LogP contribution >= 0.6 is 22.9 Å². The Bertz CT molecular complexity index is 5210. The lowest BCUT2D eigenvalue weighted by Crippen LogP contribution is -2.14. The predicted molar refractivity (Wildman–Crippen MR) is 384 cm³/mol. The Morgan fingerprint density at radius 2 is 0.900 bits per heavy atom. The number of imidazole rings is 2. The number of rotatable bonds is 17. The number of hydrogen-bond acceptors (Lipinski definition) is 25. The lowest BCUT2D eigenvalue weighted by Gasteiger charge is -2.13. The van der Waals surface area contributed by atoms with Gasteiger partial charge < -0.3 is 51.7 Å². The molecule has 0 aromatic carbocycles. The molecule has 8 N–H and O–H groups in total. The minimum Gasteiger partial charge on any atom is -0.372 e. The Morgan fingerprint density at radius 1 is 0.482 bits per heavy atom. The van der Waals surface area contributed by atoms with E-state index in [0.717, 1.165) is 99.3 Å². The highest BCUT2D eigenvalue weighted by molar-refractivity contribution is 7.09. The zero-order chi connectivity index (χ0) is 78.3. The molecule has 30 nitrogen and oxygen atoms in total. The normalized spacial score (nSPS) is 17.0.